The summed E-state index contributed by atoms with van der Waals surface area (Å²) in [7, 11) is -3.65. The fourth-order valence-corrected chi connectivity index (χ4v) is 5.45. The molecule has 212 valence electrons. The van der Waals surface area contributed by atoms with Gasteiger partial charge in [0.2, 0.25) is 0 Å². The zero-order valence-corrected chi connectivity index (χ0v) is 21.8. The molecular weight excluding hydrogens is 588 g/mol. The smallest absolute Gasteiger partial charge is 0.297 e. The predicted octanol–water partition coefficient (Wildman–Crippen LogP) is 4.77. The Balaban J connectivity index is 1.57. The van der Waals surface area contributed by atoms with E-state index in [1.165, 1.54) is 35.2 Å². The first-order valence-electron chi connectivity index (χ1n) is 11.1. The standard InChI is InChI=1S/C24H17F6N3O5S2/c1-40(37,38)12-17(34)11-32-21(35)20(39-22(32)36)7-13-2-5-19-15(6-13)9-31-33(19)10-14-3-4-16(23(25,26)27)8-18(14)24(28,29)30/h2-9H,10-12H2,1H3/b20-7-. The number of ketones is 1. The molecule has 0 atom stereocenters. The van der Waals surface area contributed by atoms with E-state index in [4.69, 9.17) is 0 Å². The highest BCUT2D eigenvalue weighted by molar-refractivity contribution is 8.18. The third-order valence-corrected chi connectivity index (χ3v) is 7.41. The Bertz CT molecular complexity index is 1680. The first kappa shape index (κ1) is 29.3. The van der Waals surface area contributed by atoms with Crippen molar-refractivity contribution in [3.63, 3.8) is 0 Å². The van der Waals surface area contributed by atoms with Gasteiger partial charge in [0.25, 0.3) is 11.1 Å². The molecule has 0 bridgehead atoms. The Morgan fingerprint density at radius 1 is 1.02 bits per heavy atom. The van der Waals surface area contributed by atoms with Crippen LogP contribution >= 0.6 is 11.8 Å². The summed E-state index contributed by atoms with van der Waals surface area (Å²) in [5, 5.41) is 3.71. The van der Waals surface area contributed by atoms with E-state index >= 15 is 0 Å². The van der Waals surface area contributed by atoms with Gasteiger partial charge in [-0.1, -0.05) is 12.1 Å². The fourth-order valence-electron chi connectivity index (χ4n) is 3.94. The molecule has 2 heterocycles. The Hall–Kier alpha value is -3.66. The molecule has 1 fully saturated rings. The first-order chi connectivity index (χ1) is 18.4. The SMILES string of the molecule is CS(=O)(=O)CC(=O)CN1C(=O)S/C(=C\c2ccc3c(cnn3Cc3ccc(C(F)(F)F)cc3C(F)(F)F)c2)C1=O. The van der Waals surface area contributed by atoms with E-state index in [0.29, 0.717) is 39.2 Å². The number of thioether (sulfide) groups is 1. The minimum absolute atomic E-state index is 0.0385. The summed E-state index contributed by atoms with van der Waals surface area (Å²) in [5.41, 5.74) is -2.53. The van der Waals surface area contributed by atoms with E-state index in [1.54, 1.807) is 0 Å². The van der Waals surface area contributed by atoms with Crippen LogP contribution < -0.4 is 0 Å². The van der Waals surface area contributed by atoms with E-state index in [-0.39, 0.29) is 11.0 Å². The van der Waals surface area contributed by atoms with Crippen molar-refractivity contribution in [1.29, 1.82) is 0 Å². The summed E-state index contributed by atoms with van der Waals surface area (Å²) >= 11 is 0.545. The number of carbonyl (C=O) groups excluding carboxylic acids is 3. The molecule has 1 aliphatic heterocycles. The molecule has 2 amide bonds. The van der Waals surface area contributed by atoms with Gasteiger partial charge in [-0.2, -0.15) is 31.4 Å². The highest BCUT2D eigenvalue weighted by Crippen LogP contribution is 2.38. The number of sulfone groups is 1. The molecule has 16 heteroatoms. The number of halogens is 6. The molecule has 0 radical (unpaired) electrons. The Morgan fingerprint density at radius 3 is 2.35 bits per heavy atom. The van der Waals surface area contributed by atoms with E-state index < -0.39 is 74.7 Å². The van der Waals surface area contributed by atoms with Gasteiger partial charge >= 0.3 is 12.4 Å². The minimum Gasteiger partial charge on any atom is -0.297 e. The molecule has 0 unspecified atom stereocenters. The number of rotatable bonds is 7. The van der Waals surface area contributed by atoms with Crippen molar-refractivity contribution >= 4 is 55.5 Å². The second-order valence-corrected chi connectivity index (χ2v) is 12.0. The molecule has 2 aromatic carbocycles. The lowest BCUT2D eigenvalue weighted by Crippen LogP contribution is -2.35. The number of Topliss-reactive ketones (excluding diaryl/α,β-unsaturated/α-hetero) is 1. The number of benzene rings is 2. The highest BCUT2D eigenvalue weighted by Gasteiger charge is 2.38. The van der Waals surface area contributed by atoms with Crippen molar-refractivity contribution in [2.24, 2.45) is 0 Å². The van der Waals surface area contributed by atoms with E-state index in [1.807, 2.05) is 0 Å². The van der Waals surface area contributed by atoms with Crippen molar-refractivity contribution in [2.45, 2.75) is 18.9 Å². The van der Waals surface area contributed by atoms with E-state index in [2.05, 4.69) is 5.10 Å². The largest absolute Gasteiger partial charge is 0.416 e. The molecule has 0 saturated carbocycles. The molecule has 0 aliphatic carbocycles. The van der Waals surface area contributed by atoms with Gasteiger partial charge in [-0.15, -0.1) is 0 Å². The van der Waals surface area contributed by atoms with Crippen molar-refractivity contribution < 1.29 is 49.1 Å². The second-order valence-electron chi connectivity index (χ2n) is 8.86. The summed E-state index contributed by atoms with van der Waals surface area (Å²) < 4.78 is 103. The fraction of sp³-hybridized carbons (Fsp3) is 0.250. The van der Waals surface area contributed by atoms with Crippen molar-refractivity contribution in [3.05, 3.63) is 69.8 Å². The molecule has 8 nitrogen and oxygen atoms in total. The van der Waals surface area contributed by atoms with Crippen molar-refractivity contribution in [3.8, 4) is 0 Å². The third kappa shape index (κ3) is 6.55. The van der Waals surface area contributed by atoms with Crippen LogP contribution in [0.15, 0.2) is 47.5 Å². The van der Waals surface area contributed by atoms with Crippen LogP contribution in [0.2, 0.25) is 0 Å². The molecule has 40 heavy (non-hydrogen) atoms. The maximum atomic E-state index is 13.5. The summed E-state index contributed by atoms with van der Waals surface area (Å²) in [6, 6.07) is 5.87. The van der Waals surface area contributed by atoms with Crippen molar-refractivity contribution in [1.82, 2.24) is 14.7 Å². The lowest BCUT2D eigenvalue weighted by Gasteiger charge is -2.16. The Morgan fingerprint density at radius 2 is 1.73 bits per heavy atom. The summed E-state index contributed by atoms with van der Waals surface area (Å²) in [6.07, 6.45) is -6.48. The van der Waals surface area contributed by atoms with Gasteiger partial charge in [-0.25, -0.2) is 8.42 Å². The zero-order chi connectivity index (χ0) is 29.6. The normalized spacial score (nSPS) is 16.0. The summed E-state index contributed by atoms with van der Waals surface area (Å²) in [4.78, 5) is 37.3. The topological polar surface area (TPSA) is 106 Å². The number of imide groups is 1. The van der Waals surface area contributed by atoms with Crippen LogP contribution in [0.1, 0.15) is 22.3 Å². The third-order valence-electron chi connectivity index (χ3n) is 5.66. The van der Waals surface area contributed by atoms with Crippen LogP contribution in [-0.2, 0) is 38.3 Å². The molecular formula is C24H17F6N3O5S2. The maximum Gasteiger partial charge on any atom is 0.416 e. The molecule has 0 N–H and O–H groups in total. The van der Waals surface area contributed by atoms with Crippen LogP contribution in [0.5, 0.6) is 0 Å². The van der Waals surface area contributed by atoms with Crippen LogP contribution in [0.25, 0.3) is 17.0 Å². The highest BCUT2D eigenvalue weighted by atomic mass is 32.2. The zero-order valence-electron chi connectivity index (χ0n) is 20.2. The van der Waals surface area contributed by atoms with Crippen LogP contribution in [0, 0.1) is 0 Å². The number of alkyl halides is 6. The molecule has 4 rings (SSSR count). The monoisotopic (exact) mass is 605 g/mol. The Kier molecular flexibility index (Phi) is 7.62. The van der Waals surface area contributed by atoms with Gasteiger partial charge in [-0.05, 0) is 53.2 Å². The molecule has 1 saturated heterocycles. The number of amides is 2. The average Bonchev–Trinajstić information content (AvgIpc) is 3.32. The first-order valence-corrected chi connectivity index (χ1v) is 14.0. The van der Waals surface area contributed by atoms with E-state index in [9.17, 15) is 49.1 Å². The number of hydrogen-bond acceptors (Lipinski definition) is 7. The van der Waals surface area contributed by atoms with Gasteiger partial charge in [0.05, 0.1) is 40.8 Å². The van der Waals surface area contributed by atoms with Gasteiger partial charge in [-0.3, -0.25) is 24.0 Å². The number of nitrogens with zero attached hydrogens (tertiary/aromatic N) is 3. The lowest BCUT2D eigenvalue weighted by molar-refractivity contribution is -0.143. The van der Waals surface area contributed by atoms with E-state index in [0.717, 1.165) is 12.3 Å². The number of hydrogen-bond donors (Lipinski definition) is 0. The van der Waals surface area contributed by atoms with Crippen LogP contribution in [-0.4, -0.2) is 58.6 Å². The minimum atomic E-state index is -5.04. The van der Waals surface area contributed by atoms with Crippen LogP contribution in [0.3, 0.4) is 0 Å². The second kappa shape index (κ2) is 10.4. The van der Waals surface area contributed by atoms with Gasteiger partial charge < -0.3 is 0 Å². The van der Waals surface area contributed by atoms with Gasteiger partial charge in [0, 0.05) is 11.6 Å². The summed E-state index contributed by atoms with van der Waals surface area (Å²) in [6.45, 7) is -1.18. The quantitative estimate of drug-likeness (QED) is 0.282. The molecule has 1 aliphatic rings. The number of fused-ring (bicyclic) bond motifs is 1. The molecule has 0 spiro atoms. The lowest BCUT2D eigenvalue weighted by atomic mass is 10.0. The number of aromatic nitrogens is 2. The Labute approximate surface area is 226 Å². The average molecular weight is 606 g/mol. The maximum absolute atomic E-state index is 13.5. The van der Waals surface area contributed by atoms with Crippen molar-refractivity contribution in [2.75, 3.05) is 18.6 Å². The molecule has 1 aromatic heterocycles. The van der Waals surface area contributed by atoms with Gasteiger partial charge in [0.1, 0.15) is 5.75 Å². The predicted molar refractivity (Wildman–Crippen MR) is 133 cm³/mol. The van der Waals surface area contributed by atoms with Gasteiger partial charge in [0.15, 0.2) is 15.6 Å². The van der Waals surface area contributed by atoms with Crippen LogP contribution in [0.4, 0.5) is 31.1 Å². The number of carbonyl (C=O) groups is 3. The molecule has 3 aromatic rings. The summed E-state index contributed by atoms with van der Waals surface area (Å²) in [5.74, 6) is -2.46.